The maximum Gasteiger partial charge on any atom is 0.218 e. The number of nitrogens with two attached hydrogens (primary N) is 1. The molecule has 1 aromatic heterocycles. The minimum Gasteiger partial charge on any atom is -0.494 e. The molecule has 6 nitrogen and oxygen atoms in total. The predicted octanol–water partition coefficient (Wildman–Crippen LogP) is 3.95. The van der Waals surface area contributed by atoms with Crippen LogP contribution in [-0.4, -0.2) is 33.0 Å². The molecule has 0 fully saturated rings. The standard InChI is InChI=1S/C19H19ClN4O2S/c1-2-26-14-9-7-13(8-10-14)24-18(15-5-3-4-6-16(15)20)22-23-19(24)27-12-11-17(21)25/h3-10H,2,11-12H2,1H3,(H2,21,25). The SMILES string of the molecule is CCOc1ccc(-n2c(SCCC(N)=O)nnc2-c2ccccc2Cl)cc1. The molecule has 0 aliphatic carbocycles. The molecule has 8 heteroatoms. The number of benzene rings is 2. The Morgan fingerprint density at radius 3 is 2.59 bits per heavy atom. The highest BCUT2D eigenvalue weighted by Crippen LogP contribution is 2.32. The zero-order valence-electron chi connectivity index (χ0n) is 14.8. The van der Waals surface area contributed by atoms with Gasteiger partial charge >= 0.3 is 0 Å². The molecule has 0 aliphatic rings. The summed E-state index contributed by atoms with van der Waals surface area (Å²) in [5.74, 6) is 1.59. The Kier molecular flexibility index (Phi) is 6.36. The van der Waals surface area contributed by atoms with Gasteiger partial charge in [0.05, 0.1) is 11.6 Å². The summed E-state index contributed by atoms with van der Waals surface area (Å²) in [5.41, 5.74) is 6.90. The van der Waals surface area contributed by atoms with Crippen LogP contribution in [0.3, 0.4) is 0 Å². The third-order valence-electron chi connectivity index (χ3n) is 3.73. The first-order valence-corrected chi connectivity index (χ1v) is 9.81. The van der Waals surface area contributed by atoms with Crippen molar-refractivity contribution in [3.05, 3.63) is 53.6 Å². The van der Waals surface area contributed by atoms with E-state index < -0.39 is 0 Å². The molecule has 1 amide bonds. The fraction of sp³-hybridized carbons (Fsp3) is 0.211. The van der Waals surface area contributed by atoms with E-state index >= 15 is 0 Å². The molecule has 0 spiro atoms. The molecular formula is C19H19ClN4O2S. The molecule has 27 heavy (non-hydrogen) atoms. The lowest BCUT2D eigenvalue weighted by atomic mass is 10.2. The molecule has 0 unspecified atom stereocenters. The van der Waals surface area contributed by atoms with E-state index in [1.807, 2.05) is 60.0 Å². The number of rotatable bonds is 8. The summed E-state index contributed by atoms with van der Waals surface area (Å²) < 4.78 is 7.43. The van der Waals surface area contributed by atoms with Gasteiger partial charge in [0.1, 0.15) is 5.75 Å². The molecule has 0 radical (unpaired) electrons. The summed E-state index contributed by atoms with van der Waals surface area (Å²) in [7, 11) is 0. The van der Waals surface area contributed by atoms with Gasteiger partial charge in [0.15, 0.2) is 11.0 Å². The normalized spacial score (nSPS) is 10.7. The highest BCUT2D eigenvalue weighted by Gasteiger charge is 2.18. The lowest BCUT2D eigenvalue weighted by molar-refractivity contribution is -0.117. The average Bonchev–Trinajstić information content (AvgIpc) is 3.06. The maximum absolute atomic E-state index is 11.0. The lowest BCUT2D eigenvalue weighted by Crippen LogP contribution is -2.11. The van der Waals surface area contributed by atoms with Crippen molar-refractivity contribution in [3.8, 4) is 22.8 Å². The van der Waals surface area contributed by atoms with Crippen molar-refractivity contribution in [2.24, 2.45) is 5.73 Å². The van der Waals surface area contributed by atoms with E-state index in [0.717, 1.165) is 17.0 Å². The van der Waals surface area contributed by atoms with Crippen LogP contribution >= 0.6 is 23.4 Å². The Hall–Kier alpha value is -2.51. The monoisotopic (exact) mass is 402 g/mol. The summed E-state index contributed by atoms with van der Waals surface area (Å²) in [6, 6.07) is 15.1. The Labute approximate surface area is 166 Å². The number of hydrogen-bond donors (Lipinski definition) is 1. The van der Waals surface area contributed by atoms with Crippen LogP contribution in [0.2, 0.25) is 5.02 Å². The Morgan fingerprint density at radius 1 is 1.19 bits per heavy atom. The van der Waals surface area contributed by atoms with Crippen molar-refractivity contribution in [2.45, 2.75) is 18.5 Å². The first-order valence-electron chi connectivity index (χ1n) is 8.44. The molecule has 3 aromatic rings. The van der Waals surface area contributed by atoms with Crippen LogP contribution in [0.25, 0.3) is 17.1 Å². The Bertz CT molecular complexity index is 928. The molecule has 0 saturated heterocycles. The molecule has 0 bridgehead atoms. The lowest BCUT2D eigenvalue weighted by Gasteiger charge is -2.12. The number of hydrogen-bond acceptors (Lipinski definition) is 5. The third kappa shape index (κ3) is 4.61. The fourth-order valence-corrected chi connectivity index (χ4v) is 3.64. The van der Waals surface area contributed by atoms with Crippen molar-refractivity contribution in [2.75, 3.05) is 12.4 Å². The Morgan fingerprint density at radius 2 is 1.93 bits per heavy atom. The molecule has 2 aromatic carbocycles. The minimum atomic E-state index is -0.346. The molecule has 0 aliphatic heterocycles. The van der Waals surface area contributed by atoms with Crippen molar-refractivity contribution in [1.82, 2.24) is 14.8 Å². The van der Waals surface area contributed by atoms with Crippen molar-refractivity contribution >= 4 is 29.3 Å². The second-order valence-electron chi connectivity index (χ2n) is 5.61. The van der Waals surface area contributed by atoms with Gasteiger partial charge < -0.3 is 10.5 Å². The van der Waals surface area contributed by atoms with Gasteiger partial charge in [-0.15, -0.1) is 10.2 Å². The zero-order valence-corrected chi connectivity index (χ0v) is 16.3. The van der Waals surface area contributed by atoms with Gasteiger partial charge in [-0.25, -0.2) is 0 Å². The van der Waals surface area contributed by atoms with Crippen LogP contribution in [0.5, 0.6) is 5.75 Å². The van der Waals surface area contributed by atoms with Crippen LogP contribution in [0, 0.1) is 0 Å². The van der Waals surface area contributed by atoms with Crippen molar-refractivity contribution in [1.29, 1.82) is 0 Å². The fourth-order valence-electron chi connectivity index (χ4n) is 2.51. The van der Waals surface area contributed by atoms with Crippen LogP contribution < -0.4 is 10.5 Å². The molecule has 140 valence electrons. The van der Waals surface area contributed by atoms with Gasteiger partial charge in [0, 0.05) is 23.4 Å². The summed E-state index contributed by atoms with van der Waals surface area (Å²) in [6.07, 6.45) is 0.266. The van der Waals surface area contributed by atoms with E-state index in [9.17, 15) is 4.79 Å². The molecule has 0 atom stereocenters. The number of halogens is 1. The van der Waals surface area contributed by atoms with Crippen LogP contribution in [0.1, 0.15) is 13.3 Å². The van der Waals surface area contributed by atoms with E-state index in [0.29, 0.717) is 28.4 Å². The van der Waals surface area contributed by atoms with Crippen molar-refractivity contribution in [3.63, 3.8) is 0 Å². The van der Waals surface area contributed by atoms with Crippen LogP contribution in [-0.2, 0) is 4.79 Å². The zero-order chi connectivity index (χ0) is 19.2. The molecule has 2 N–H and O–H groups in total. The Balaban J connectivity index is 2.02. The molecule has 3 rings (SSSR count). The van der Waals surface area contributed by atoms with E-state index in [1.165, 1.54) is 11.8 Å². The third-order valence-corrected chi connectivity index (χ3v) is 4.99. The topological polar surface area (TPSA) is 83.0 Å². The summed E-state index contributed by atoms with van der Waals surface area (Å²) >= 11 is 7.79. The smallest absolute Gasteiger partial charge is 0.218 e. The summed E-state index contributed by atoms with van der Waals surface area (Å²) in [6.45, 7) is 2.54. The highest BCUT2D eigenvalue weighted by molar-refractivity contribution is 7.99. The largest absolute Gasteiger partial charge is 0.494 e. The van der Waals surface area contributed by atoms with Gasteiger partial charge in [0.2, 0.25) is 5.91 Å². The number of ether oxygens (including phenoxy) is 1. The number of thioether (sulfide) groups is 1. The first-order chi connectivity index (χ1) is 13.1. The van der Waals surface area contributed by atoms with Gasteiger partial charge in [-0.2, -0.15) is 0 Å². The number of nitrogens with zero attached hydrogens (tertiary/aromatic N) is 3. The predicted molar refractivity (Wildman–Crippen MR) is 108 cm³/mol. The first kappa shape index (κ1) is 19.3. The minimum absolute atomic E-state index is 0.266. The van der Waals surface area contributed by atoms with Gasteiger partial charge in [-0.05, 0) is 43.3 Å². The van der Waals surface area contributed by atoms with Crippen LogP contribution in [0.4, 0.5) is 0 Å². The quantitative estimate of drug-likeness (QED) is 0.576. The number of carbonyl (C=O) groups is 1. The number of carbonyl (C=O) groups excluding carboxylic acids is 1. The number of aromatic nitrogens is 3. The van der Waals surface area contributed by atoms with E-state index in [2.05, 4.69) is 10.2 Å². The highest BCUT2D eigenvalue weighted by atomic mass is 35.5. The maximum atomic E-state index is 11.0. The number of primary amides is 1. The molecule has 1 heterocycles. The summed E-state index contributed by atoms with van der Waals surface area (Å²) in [5, 5.41) is 9.89. The van der Waals surface area contributed by atoms with Gasteiger partial charge in [0.25, 0.3) is 0 Å². The average molecular weight is 403 g/mol. The molecular weight excluding hydrogens is 384 g/mol. The van der Waals surface area contributed by atoms with Crippen LogP contribution in [0.15, 0.2) is 53.7 Å². The van der Waals surface area contributed by atoms with E-state index in [-0.39, 0.29) is 12.3 Å². The van der Waals surface area contributed by atoms with Gasteiger partial charge in [-0.3, -0.25) is 9.36 Å². The second-order valence-corrected chi connectivity index (χ2v) is 7.08. The number of amides is 1. The van der Waals surface area contributed by atoms with E-state index in [1.54, 1.807) is 0 Å². The second kappa shape index (κ2) is 8.92. The van der Waals surface area contributed by atoms with E-state index in [4.69, 9.17) is 22.1 Å². The molecule has 0 saturated carbocycles. The summed E-state index contributed by atoms with van der Waals surface area (Å²) in [4.78, 5) is 11.0. The van der Waals surface area contributed by atoms with Crippen molar-refractivity contribution < 1.29 is 9.53 Å². The van der Waals surface area contributed by atoms with Gasteiger partial charge in [-0.1, -0.05) is 35.5 Å².